The fraction of sp³-hybridized carbons (Fsp3) is 1.00. The summed E-state index contributed by atoms with van der Waals surface area (Å²) in [5, 5.41) is 0. The molecule has 90 valence electrons. The highest BCUT2D eigenvalue weighted by Gasteiger charge is 2.24. The van der Waals surface area contributed by atoms with Gasteiger partial charge in [0.05, 0.1) is 12.7 Å². The van der Waals surface area contributed by atoms with Crippen molar-refractivity contribution in [1.29, 1.82) is 0 Å². The summed E-state index contributed by atoms with van der Waals surface area (Å²) in [7, 11) is 0. The van der Waals surface area contributed by atoms with Gasteiger partial charge in [-0.2, -0.15) is 0 Å². The Morgan fingerprint density at radius 2 is 2.00 bits per heavy atom. The summed E-state index contributed by atoms with van der Waals surface area (Å²) in [4.78, 5) is 0. The highest BCUT2D eigenvalue weighted by atomic mass is 16.7. The Morgan fingerprint density at radius 3 is 2.67 bits per heavy atom. The van der Waals surface area contributed by atoms with Gasteiger partial charge in [-0.15, -0.1) is 0 Å². The standard InChI is InChI=1S/C13H26O2/c1-4-5-6-7-8-12-9-10-14-13(15-12)11(2)3/h11-13H,4-10H2,1-3H3/t12-,13+/m0/s1. The minimum Gasteiger partial charge on any atom is -0.352 e. The van der Waals surface area contributed by atoms with Crippen LogP contribution in [0, 0.1) is 5.92 Å². The summed E-state index contributed by atoms with van der Waals surface area (Å²) in [5.41, 5.74) is 0. The summed E-state index contributed by atoms with van der Waals surface area (Å²) < 4.78 is 11.5. The number of hydrogen-bond acceptors (Lipinski definition) is 2. The number of ether oxygens (including phenoxy) is 2. The Balaban J connectivity index is 2.13. The van der Waals surface area contributed by atoms with Crippen LogP contribution in [0.5, 0.6) is 0 Å². The van der Waals surface area contributed by atoms with E-state index in [9.17, 15) is 0 Å². The van der Waals surface area contributed by atoms with Gasteiger partial charge in [-0.25, -0.2) is 0 Å². The maximum Gasteiger partial charge on any atom is 0.160 e. The van der Waals surface area contributed by atoms with Crippen molar-refractivity contribution in [3.63, 3.8) is 0 Å². The Hall–Kier alpha value is -0.0800. The lowest BCUT2D eigenvalue weighted by Crippen LogP contribution is -2.35. The zero-order valence-corrected chi connectivity index (χ0v) is 10.5. The molecule has 2 atom stereocenters. The molecule has 0 bridgehead atoms. The SMILES string of the molecule is CCCCCC[C@H]1CCO[C@@H](C(C)C)O1. The second-order valence-corrected chi connectivity index (χ2v) is 4.88. The second kappa shape index (κ2) is 7.24. The van der Waals surface area contributed by atoms with E-state index in [1.165, 1.54) is 32.1 Å². The fourth-order valence-electron chi connectivity index (χ4n) is 1.97. The van der Waals surface area contributed by atoms with Gasteiger partial charge in [0, 0.05) is 5.92 Å². The zero-order valence-electron chi connectivity index (χ0n) is 10.5. The van der Waals surface area contributed by atoms with Crippen molar-refractivity contribution in [2.45, 2.75) is 71.7 Å². The van der Waals surface area contributed by atoms with Gasteiger partial charge in [0.1, 0.15) is 0 Å². The Morgan fingerprint density at radius 1 is 1.20 bits per heavy atom. The van der Waals surface area contributed by atoms with Crippen molar-refractivity contribution in [2.75, 3.05) is 6.61 Å². The molecule has 1 heterocycles. The third-order valence-corrected chi connectivity index (χ3v) is 2.97. The molecule has 1 fully saturated rings. The summed E-state index contributed by atoms with van der Waals surface area (Å²) in [6.45, 7) is 7.44. The minimum atomic E-state index is 0.0370. The van der Waals surface area contributed by atoms with E-state index in [-0.39, 0.29) is 6.29 Å². The van der Waals surface area contributed by atoms with Gasteiger partial charge < -0.3 is 9.47 Å². The van der Waals surface area contributed by atoms with Crippen molar-refractivity contribution in [3.8, 4) is 0 Å². The van der Waals surface area contributed by atoms with Gasteiger partial charge in [0.2, 0.25) is 0 Å². The summed E-state index contributed by atoms with van der Waals surface area (Å²) in [6, 6.07) is 0. The van der Waals surface area contributed by atoms with Gasteiger partial charge in [-0.1, -0.05) is 46.5 Å². The minimum absolute atomic E-state index is 0.0370. The molecule has 2 heteroatoms. The molecule has 0 saturated carbocycles. The van der Waals surface area contributed by atoms with Crippen LogP contribution < -0.4 is 0 Å². The van der Waals surface area contributed by atoms with E-state index >= 15 is 0 Å². The topological polar surface area (TPSA) is 18.5 Å². The van der Waals surface area contributed by atoms with E-state index in [1.807, 2.05) is 0 Å². The maximum absolute atomic E-state index is 5.91. The fourth-order valence-corrected chi connectivity index (χ4v) is 1.97. The molecule has 15 heavy (non-hydrogen) atoms. The van der Waals surface area contributed by atoms with Crippen molar-refractivity contribution >= 4 is 0 Å². The van der Waals surface area contributed by atoms with E-state index in [1.54, 1.807) is 0 Å². The Bertz CT molecular complexity index is 157. The predicted octanol–water partition coefficient (Wildman–Crippen LogP) is 3.74. The molecule has 1 rings (SSSR count). The third-order valence-electron chi connectivity index (χ3n) is 2.97. The Kier molecular flexibility index (Phi) is 6.26. The second-order valence-electron chi connectivity index (χ2n) is 4.88. The van der Waals surface area contributed by atoms with E-state index in [0.717, 1.165) is 13.0 Å². The van der Waals surface area contributed by atoms with Crippen LogP contribution in [0.15, 0.2) is 0 Å². The molecular formula is C13H26O2. The number of hydrogen-bond donors (Lipinski definition) is 0. The molecule has 0 unspecified atom stereocenters. The quantitative estimate of drug-likeness (QED) is 0.627. The number of rotatable bonds is 6. The normalized spacial score (nSPS) is 27.2. The third kappa shape index (κ3) is 4.98. The largest absolute Gasteiger partial charge is 0.352 e. The predicted molar refractivity (Wildman–Crippen MR) is 62.8 cm³/mol. The monoisotopic (exact) mass is 214 g/mol. The molecule has 0 aromatic heterocycles. The molecule has 0 radical (unpaired) electrons. The first-order valence-corrected chi connectivity index (χ1v) is 6.51. The molecule has 0 aliphatic carbocycles. The molecule has 2 nitrogen and oxygen atoms in total. The highest BCUT2D eigenvalue weighted by Crippen LogP contribution is 2.22. The average molecular weight is 214 g/mol. The molecular weight excluding hydrogens is 188 g/mol. The van der Waals surface area contributed by atoms with Gasteiger partial charge >= 0.3 is 0 Å². The molecule has 0 aromatic carbocycles. The van der Waals surface area contributed by atoms with Crippen LogP contribution in [0.2, 0.25) is 0 Å². The van der Waals surface area contributed by atoms with Gasteiger partial charge in [-0.05, 0) is 12.8 Å². The van der Waals surface area contributed by atoms with Crippen molar-refractivity contribution < 1.29 is 9.47 Å². The molecule has 1 aliphatic rings. The molecule has 0 spiro atoms. The van der Waals surface area contributed by atoms with E-state index in [0.29, 0.717) is 12.0 Å². The molecule has 1 aliphatic heterocycles. The maximum atomic E-state index is 5.91. The molecule has 0 N–H and O–H groups in total. The molecule has 0 amide bonds. The van der Waals surface area contributed by atoms with Gasteiger partial charge in [0.15, 0.2) is 6.29 Å². The van der Waals surface area contributed by atoms with E-state index < -0.39 is 0 Å². The molecule has 1 saturated heterocycles. The first-order chi connectivity index (χ1) is 7.24. The van der Waals surface area contributed by atoms with Crippen LogP contribution in [-0.2, 0) is 9.47 Å². The number of unbranched alkanes of at least 4 members (excludes halogenated alkanes) is 3. The van der Waals surface area contributed by atoms with Crippen molar-refractivity contribution in [1.82, 2.24) is 0 Å². The smallest absolute Gasteiger partial charge is 0.160 e. The van der Waals surface area contributed by atoms with Crippen LogP contribution in [0.3, 0.4) is 0 Å². The van der Waals surface area contributed by atoms with E-state index in [2.05, 4.69) is 20.8 Å². The summed E-state index contributed by atoms with van der Waals surface area (Å²) >= 11 is 0. The average Bonchev–Trinajstić information content (AvgIpc) is 2.25. The lowest BCUT2D eigenvalue weighted by Gasteiger charge is -2.32. The summed E-state index contributed by atoms with van der Waals surface area (Å²) in [6.07, 6.45) is 8.10. The summed E-state index contributed by atoms with van der Waals surface area (Å²) in [5.74, 6) is 0.475. The van der Waals surface area contributed by atoms with Gasteiger partial charge in [-0.3, -0.25) is 0 Å². The van der Waals surface area contributed by atoms with Crippen LogP contribution >= 0.6 is 0 Å². The van der Waals surface area contributed by atoms with Crippen LogP contribution in [0.25, 0.3) is 0 Å². The van der Waals surface area contributed by atoms with Crippen LogP contribution in [0.1, 0.15) is 59.3 Å². The Labute approximate surface area is 94.3 Å². The first kappa shape index (κ1) is 13.0. The van der Waals surface area contributed by atoms with Crippen LogP contribution in [0.4, 0.5) is 0 Å². The van der Waals surface area contributed by atoms with Crippen LogP contribution in [-0.4, -0.2) is 19.0 Å². The lowest BCUT2D eigenvalue weighted by atomic mass is 10.1. The van der Waals surface area contributed by atoms with Gasteiger partial charge in [0.25, 0.3) is 0 Å². The van der Waals surface area contributed by atoms with Crippen molar-refractivity contribution in [3.05, 3.63) is 0 Å². The highest BCUT2D eigenvalue weighted by molar-refractivity contribution is 4.66. The zero-order chi connectivity index (χ0) is 11.1. The van der Waals surface area contributed by atoms with E-state index in [4.69, 9.17) is 9.47 Å². The molecule has 0 aromatic rings. The van der Waals surface area contributed by atoms with Crippen molar-refractivity contribution in [2.24, 2.45) is 5.92 Å². The first-order valence-electron chi connectivity index (χ1n) is 6.51. The lowest BCUT2D eigenvalue weighted by molar-refractivity contribution is -0.231.